The maximum Gasteiger partial charge on any atom is 0.194 e. The van der Waals surface area contributed by atoms with E-state index < -0.39 is 0 Å². The zero-order valence-corrected chi connectivity index (χ0v) is 8.85. The normalized spacial score (nSPS) is 10.8. The first-order valence-electron chi connectivity index (χ1n) is 4.95. The average Bonchev–Trinajstić information content (AvgIpc) is 2.48. The molecule has 0 saturated carbocycles. The van der Waals surface area contributed by atoms with Gasteiger partial charge in [0.05, 0.1) is 0 Å². The van der Waals surface area contributed by atoms with Crippen molar-refractivity contribution in [2.75, 3.05) is 11.9 Å². The lowest BCUT2D eigenvalue weighted by atomic mass is 10.1. The fourth-order valence-corrected chi connectivity index (χ4v) is 1.75. The number of aryl methyl sites for hydroxylation is 2. The van der Waals surface area contributed by atoms with Crippen LogP contribution in [0.1, 0.15) is 18.1 Å². The highest BCUT2D eigenvalue weighted by Gasteiger charge is 2.05. The van der Waals surface area contributed by atoms with Gasteiger partial charge in [0.25, 0.3) is 0 Å². The van der Waals surface area contributed by atoms with Gasteiger partial charge in [-0.3, -0.25) is 0 Å². The molecule has 2 aromatic rings. The lowest BCUT2D eigenvalue weighted by molar-refractivity contribution is 0.628. The summed E-state index contributed by atoms with van der Waals surface area (Å²) in [6.07, 6.45) is 0. The molecule has 2 heteroatoms. The Morgan fingerprint density at radius 2 is 2.00 bits per heavy atom. The van der Waals surface area contributed by atoms with E-state index in [0.717, 1.165) is 18.0 Å². The highest BCUT2D eigenvalue weighted by atomic mass is 16.3. The van der Waals surface area contributed by atoms with Crippen LogP contribution in [-0.4, -0.2) is 6.54 Å². The maximum absolute atomic E-state index is 5.66. The van der Waals surface area contributed by atoms with Crippen molar-refractivity contribution < 1.29 is 4.42 Å². The highest BCUT2D eigenvalue weighted by molar-refractivity contribution is 5.84. The summed E-state index contributed by atoms with van der Waals surface area (Å²) in [6, 6.07) is 6.31. The molecular weight excluding hydrogens is 174 g/mol. The van der Waals surface area contributed by atoms with Gasteiger partial charge in [-0.05, 0) is 38.0 Å². The van der Waals surface area contributed by atoms with Crippen LogP contribution in [0.25, 0.3) is 11.0 Å². The molecule has 0 fully saturated rings. The lowest BCUT2D eigenvalue weighted by Crippen LogP contribution is -1.93. The van der Waals surface area contributed by atoms with Gasteiger partial charge in [0.1, 0.15) is 5.58 Å². The summed E-state index contributed by atoms with van der Waals surface area (Å²) < 4.78 is 5.66. The van der Waals surface area contributed by atoms with Crippen molar-refractivity contribution >= 4 is 16.9 Å². The number of furan rings is 1. The number of hydrogen-bond donors (Lipinski definition) is 1. The van der Waals surface area contributed by atoms with Crippen molar-refractivity contribution in [2.45, 2.75) is 20.8 Å². The van der Waals surface area contributed by atoms with Crippen LogP contribution >= 0.6 is 0 Å². The molecule has 0 unspecified atom stereocenters. The fraction of sp³-hybridized carbons (Fsp3) is 0.333. The third-order valence-electron chi connectivity index (χ3n) is 2.34. The summed E-state index contributed by atoms with van der Waals surface area (Å²) in [5.41, 5.74) is 3.48. The molecule has 14 heavy (non-hydrogen) atoms. The maximum atomic E-state index is 5.66. The Balaban J connectivity index is 2.58. The van der Waals surface area contributed by atoms with Crippen LogP contribution in [0.15, 0.2) is 22.6 Å². The van der Waals surface area contributed by atoms with Crippen LogP contribution in [0.2, 0.25) is 0 Å². The minimum Gasteiger partial charge on any atom is -0.441 e. The number of benzene rings is 1. The van der Waals surface area contributed by atoms with Gasteiger partial charge in [0.2, 0.25) is 0 Å². The van der Waals surface area contributed by atoms with Crippen LogP contribution in [0, 0.1) is 13.8 Å². The van der Waals surface area contributed by atoms with Crippen molar-refractivity contribution in [2.24, 2.45) is 0 Å². The average molecular weight is 189 g/mol. The monoisotopic (exact) mass is 189 g/mol. The van der Waals surface area contributed by atoms with Crippen LogP contribution < -0.4 is 5.32 Å². The summed E-state index contributed by atoms with van der Waals surface area (Å²) in [5, 5.41) is 4.38. The Bertz CT molecular complexity index is 457. The Morgan fingerprint density at radius 3 is 2.71 bits per heavy atom. The Labute approximate surface area is 83.9 Å². The zero-order chi connectivity index (χ0) is 10.1. The molecule has 0 aliphatic rings. The van der Waals surface area contributed by atoms with E-state index in [1.165, 1.54) is 16.5 Å². The molecule has 0 atom stereocenters. The molecule has 2 rings (SSSR count). The highest BCUT2D eigenvalue weighted by Crippen LogP contribution is 2.26. The largest absolute Gasteiger partial charge is 0.441 e. The molecule has 0 bridgehead atoms. The van der Waals surface area contributed by atoms with E-state index in [0.29, 0.717) is 0 Å². The van der Waals surface area contributed by atoms with Crippen molar-refractivity contribution in [3.05, 3.63) is 29.3 Å². The van der Waals surface area contributed by atoms with Crippen molar-refractivity contribution in [3.8, 4) is 0 Å². The first-order valence-corrected chi connectivity index (χ1v) is 4.95. The van der Waals surface area contributed by atoms with E-state index >= 15 is 0 Å². The second-order valence-electron chi connectivity index (χ2n) is 3.63. The van der Waals surface area contributed by atoms with E-state index in [4.69, 9.17) is 4.42 Å². The van der Waals surface area contributed by atoms with E-state index in [1.54, 1.807) is 0 Å². The molecule has 0 amide bonds. The number of fused-ring (bicyclic) bond motifs is 1. The molecule has 1 heterocycles. The summed E-state index contributed by atoms with van der Waals surface area (Å²) in [4.78, 5) is 0. The third kappa shape index (κ3) is 1.48. The topological polar surface area (TPSA) is 25.2 Å². The predicted molar refractivity (Wildman–Crippen MR) is 59.9 cm³/mol. The zero-order valence-electron chi connectivity index (χ0n) is 8.85. The molecule has 1 aromatic heterocycles. The minimum atomic E-state index is 0.858. The first kappa shape index (κ1) is 9.13. The van der Waals surface area contributed by atoms with E-state index in [2.05, 4.69) is 44.3 Å². The van der Waals surface area contributed by atoms with Crippen molar-refractivity contribution in [1.82, 2.24) is 0 Å². The lowest BCUT2D eigenvalue weighted by Gasteiger charge is -1.96. The van der Waals surface area contributed by atoms with E-state index in [1.807, 2.05) is 0 Å². The van der Waals surface area contributed by atoms with Gasteiger partial charge in [0, 0.05) is 18.0 Å². The number of hydrogen-bond acceptors (Lipinski definition) is 2. The van der Waals surface area contributed by atoms with E-state index in [-0.39, 0.29) is 0 Å². The molecule has 1 N–H and O–H groups in total. The Kier molecular flexibility index (Phi) is 2.20. The number of anilines is 1. The summed E-state index contributed by atoms with van der Waals surface area (Å²) in [7, 11) is 0. The van der Waals surface area contributed by atoms with Gasteiger partial charge in [-0.2, -0.15) is 0 Å². The molecular formula is C12H15NO. The second-order valence-corrected chi connectivity index (χ2v) is 3.63. The quantitative estimate of drug-likeness (QED) is 0.782. The number of rotatable bonds is 2. The molecule has 0 aliphatic carbocycles. The Morgan fingerprint density at radius 1 is 1.21 bits per heavy atom. The van der Waals surface area contributed by atoms with Gasteiger partial charge in [-0.1, -0.05) is 6.07 Å². The summed E-state index contributed by atoms with van der Waals surface area (Å²) >= 11 is 0. The Hall–Kier alpha value is -1.44. The van der Waals surface area contributed by atoms with Crippen molar-refractivity contribution in [3.63, 3.8) is 0 Å². The molecule has 0 radical (unpaired) electrons. The molecule has 74 valence electrons. The standard InChI is InChI=1S/C12H15NO/c1-4-13-12-7-10-9(3)5-8(2)6-11(10)14-12/h5-7,13H,4H2,1-3H3. The SMILES string of the molecule is CCNc1cc2c(C)cc(C)cc2o1. The smallest absolute Gasteiger partial charge is 0.194 e. The minimum absolute atomic E-state index is 0.858. The predicted octanol–water partition coefficient (Wildman–Crippen LogP) is 3.48. The van der Waals surface area contributed by atoms with Crippen LogP contribution in [-0.2, 0) is 0 Å². The van der Waals surface area contributed by atoms with Gasteiger partial charge in [-0.15, -0.1) is 0 Å². The van der Waals surface area contributed by atoms with Gasteiger partial charge in [0.15, 0.2) is 5.88 Å². The van der Waals surface area contributed by atoms with Gasteiger partial charge < -0.3 is 9.73 Å². The van der Waals surface area contributed by atoms with Gasteiger partial charge >= 0.3 is 0 Å². The summed E-state index contributed by atoms with van der Waals surface area (Å²) in [5.74, 6) is 0.858. The summed E-state index contributed by atoms with van der Waals surface area (Å²) in [6.45, 7) is 7.14. The van der Waals surface area contributed by atoms with Crippen LogP contribution in [0.5, 0.6) is 0 Å². The van der Waals surface area contributed by atoms with Gasteiger partial charge in [-0.25, -0.2) is 0 Å². The number of nitrogens with one attached hydrogen (secondary N) is 1. The van der Waals surface area contributed by atoms with Crippen LogP contribution in [0.3, 0.4) is 0 Å². The first-order chi connectivity index (χ1) is 6.70. The molecule has 2 nitrogen and oxygen atoms in total. The molecule has 0 aliphatic heterocycles. The second kappa shape index (κ2) is 3.37. The fourth-order valence-electron chi connectivity index (χ4n) is 1.75. The van der Waals surface area contributed by atoms with Crippen LogP contribution in [0.4, 0.5) is 5.88 Å². The third-order valence-corrected chi connectivity index (χ3v) is 2.34. The van der Waals surface area contributed by atoms with E-state index in [9.17, 15) is 0 Å². The molecule has 0 saturated heterocycles. The van der Waals surface area contributed by atoms with Crippen molar-refractivity contribution in [1.29, 1.82) is 0 Å². The molecule has 0 spiro atoms. The molecule has 1 aromatic carbocycles.